The second-order valence-corrected chi connectivity index (χ2v) is 4.59. The van der Waals surface area contributed by atoms with Gasteiger partial charge in [-0.05, 0) is 18.2 Å². The zero-order chi connectivity index (χ0) is 12.5. The van der Waals surface area contributed by atoms with Gasteiger partial charge < -0.3 is 5.11 Å². The van der Waals surface area contributed by atoms with Gasteiger partial charge in [0.2, 0.25) is 0 Å². The topological polar surface area (TPSA) is 69.8 Å². The van der Waals surface area contributed by atoms with Gasteiger partial charge in [-0.2, -0.15) is 5.26 Å². The fraction of sp³-hybridized carbons (Fsp3) is 0. The Bertz CT molecular complexity index is 756. The summed E-state index contributed by atoms with van der Waals surface area (Å²) in [7, 11) is 0. The van der Waals surface area contributed by atoms with Gasteiger partial charge in [0, 0.05) is 17.8 Å². The first-order valence-electron chi connectivity index (χ1n) is 5.20. The van der Waals surface area contributed by atoms with Crippen LogP contribution in [-0.4, -0.2) is 15.1 Å². The Labute approximate surface area is 107 Å². The number of thiazole rings is 1. The molecule has 5 heteroatoms. The minimum atomic E-state index is 0.162. The van der Waals surface area contributed by atoms with Crippen LogP contribution in [0, 0.1) is 11.3 Å². The molecule has 3 rings (SSSR count). The molecule has 3 aromatic rings. The third-order valence-electron chi connectivity index (χ3n) is 2.58. The molecule has 0 spiro atoms. The van der Waals surface area contributed by atoms with Crippen molar-refractivity contribution in [2.75, 3.05) is 0 Å². The van der Waals surface area contributed by atoms with Crippen LogP contribution in [0.4, 0.5) is 0 Å². The molecule has 0 aliphatic rings. The summed E-state index contributed by atoms with van der Waals surface area (Å²) in [4.78, 5) is 8.41. The molecule has 0 amide bonds. The number of hydrogen-bond donors (Lipinski definition) is 1. The minimum absolute atomic E-state index is 0.162. The van der Waals surface area contributed by atoms with E-state index in [0.717, 1.165) is 21.5 Å². The molecule has 2 heterocycles. The Morgan fingerprint density at radius 1 is 1.22 bits per heavy atom. The highest BCUT2D eigenvalue weighted by molar-refractivity contribution is 7.17. The van der Waals surface area contributed by atoms with Gasteiger partial charge in [-0.3, -0.25) is 4.98 Å². The molecule has 1 aromatic carbocycles. The van der Waals surface area contributed by atoms with E-state index in [1.165, 1.54) is 17.5 Å². The van der Waals surface area contributed by atoms with Crippen molar-refractivity contribution in [3.8, 4) is 23.1 Å². The van der Waals surface area contributed by atoms with E-state index in [1.54, 1.807) is 29.8 Å². The molecule has 18 heavy (non-hydrogen) atoms. The highest BCUT2D eigenvalue weighted by Crippen LogP contribution is 2.33. The lowest BCUT2D eigenvalue weighted by atomic mass is 10.1. The van der Waals surface area contributed by atoms with Gasteiger partial charge in [-0.15, -0.1) is 11.3 Å². The first kappa shape index (κ1) is 10.7. The highest BCUT2D eigenvalue weighted by atomic mass is 32.1. The SMILES string of the molecule is N#Cc1ccc(-c2cc(O)cc3ncsc23)nc1. The number of benzene rings is 1. The van der Waals surface area contributed by atoms with E-state index in [9.17, 15) is 5.11 Å². The van der Waals surface area contributed by atoms with Crippen molar-refractivity contribution < 1.29 is 5.11 Å². The number of phenols is 1. The van der Waals surface area contributed by atoms with Crippen molar-refractivity contribution in [3.63, 3.8) is 0 Å². The van der Waals surface area contributed by atoms with Crippen molar-refractivity contribution in [1.82, 2.24) is 9.97 Å². The number of phenolic OH excluding ortho intramolecular Hbond substituents is 1. The maximum absolute atomic E-state index is 9.68. The third kappa shape index (κ3) is 1.69. The summed E-state index contributed by atoms with van der Waals surface area (Å²) in [5.41, 5.74) is 4.55. The smallest absolute Gasteiger partial charge is 0.118 e. The van der Waals surface area contributed by atoms with Gasteiger partial charge >= 0.3 is 0 Å². The molecule has 0 unspecified atom stereocenters. The fourth-order valence-corrected chi connectivity index (χ4v) is 2.56. The number of nitriles is 1. The summed E-state index contributed by atoms with van der Waals surface area (Å²) >= 11 is 1.50. The number of aromatic nitrogens is 2. The lowest BCUT2D eigenvalue weighted by Crippen LogP contribution is -1.85. The quantitative estimate of drug-likeness (QED) is 0.723. The summed E-state index contributed by atoms with van der Waals surface area (Å²) in [5, 5.41) is 18.4. The van der Waals surface area contributed by atoms with Crippen LogP contribution in [0.15, 0.2) is 36.0 Å². The van der Waals surface area contributed by atoms with Crippen LogP contribution in [-0.2, 0) is 0 Å². The number of nitrogens with zero attached hydrogens (tertiary/aromatic N) is 3. The standard InChI is InChI=1S/C13H7N3OS/c14-5-8-1-2-11(15-6-8)10-3-9(17)4-12-13(10)18-7-16-12/h1-4,6-7,17H. The minimum Gasteiger partial charge on any atom is -0.508 e. The van der Waals surface area contributed by atoms with Gasteiger partial charge in [0.15, 0.2) is 0 Å². The predicted octanol–water partition coefficient (Wildman–Crippen LogP) is 2.94. The third-order valence-corrected chi connectivity index (χ3v) is 3.46. The molecule has 0 aliphatic carbocycles. The van der Waals surface area contributed by atoms with Crippen molar-refractivity contribution in [3.05, 3.63) is 41.5 Å². The summed E-state index contributed by atoms with van der Waals surface area (Å²) in [6.07, 6.45) is 1.52. The van der Waals surface area contributed by atoms with Gasteiger partial charge in [0.25, 0.3) is 0 Å². The summed E-state index contributed by atoms with van der Waals surface area (Å²) in [5.74, 6) is 0.162. The van der Waals surface area contributed by atoms with Crippen LogP contribution in [0.1, 0.15) is 5.56 Å². The molecule has 86 valence electrons. The van der Waals surface area contributed by atoms with Gasteiger partial charge in [-0.1, -0.05) is 0 Å². The van der Waals surface area contributed by atoms with Crippen molar-refractivity contribution in [2.45, 2.75) is 0 Å². The maximum atomic E-state index is 9.68. The first-order valence-corrected chi connectivity index (χ1v) is 6.08. The molecule has 0 aliphatic heterocycles. The predicted molar refractivity (Wildman–Crippen MR) is 69.2 cm³/mol. The molecular formula is C13H7N3OS. The zero-order valence-corrected chi connectivity index (χ0v) is 9.98. The summed E-state index contributed by atoms with van der Waals surface area (Å²) in [6.45, 7) is 0. The van der Waals surface area contributed by atoms with E-state index in [-0.39, 0.29) is 5.75 Å². The molecule has 0 radical (unpaired) electrons. The Kier molecular flexibility index (Phi) is 2.43. The highest BCUT2D eigenvalue weighted by Gasteiger charge is 2.09. The Hall–Kier alpha value is -2.45. The van der Waals surface area contributed by atoms with Crippen LogP contribution in [0.3, 0.4) is 0 Å². The lowest BCUT2D eigenvalue weighted by molar-refractivity contribution is 0.476. The molecular weight excluding hydrogens is 246 g/mol. The van der Waals surface area contributed by atoms with Crippen molar-refractivity contribution in [1.29, 1.82) is 5.26 Å². The molecule has 0 bridgehead atoms. The van der Waals surface area contributed by atoms with E-state index < -0.39 is 0 Å². The molecule has 0 atom stereocenters. The monoisotopic (exact) mass is 253 g/mol. The molecule has 2 aromatic heterocycles. The van der Waals surface area contributed by atoms with Gasteiger partial charge in [0.1, 0.15) is 11.8 Å². The van der Waals surface area contributed by atoms with Crippen molar-refractivity contribution >= 4 is 21.6 Å². The van der Waals surface area contributed by atoms with Crippen LogP contribution >= 0.6 is 11.3 Å². The van der Waals surface area contributed by atoms with E-state index in [2.05, 4.69) is 9.97 Å². The maximum Gasteiger partial charge on any atom is 0.118 e. The van der Waals surface area contributed by atoms with E-state index >= 15 is 0 Å². The zero-order valence-electron chi connectivity index (χ0n) is 9.16. The van der Waals surface area contributed by atoms with Gasteiger partial charge in [0.05, 0.1) is 27.0 Å². The average Bonchev–Trinajstić information content (AvgIpc) is 2.86. The number of hydrogen-bond acceptors (Lipinski definition) is 5. The Morgan fingerprint density at radius 2 is 2.11 bits per heavy atom. The van der Waals surface area contributed by atoms with E-state index in [0.29, 0.717) is 5.56 Å². The second-order valence-electron chi connectivity index (χ2n) is 3.74. The Balaban J connectivity index is 2.24. The molecule has 0 saturated carbocycles. The number of fused-ring (bicyclic) bond motifs is 1. The first-order chi connectivity index (χ1) is 8.78. The van der Waals surface area contributed by atoms with Crippen molar-refractivity contribution in [2.24, 2.45) is 0 Å². The van der Waals surface area contributed by atoms with Crippen LogP contribution < -0.4 is 0 Å². The van der Waals surface area contributed by atoms with Gasteiger partial charge in [-0.25, -0.2) is 4.98 Å². The Morgan fingerprint density at radius 3 is 2.83 bits per heavy atom. The number of pyridine rings is 1. The lowest BCUT2D eigenvalue weighted by Gasteiger charge is -2.03. The average molecular weight is 253 g/mol. The second kappa shape index (κ2) is 4.09. The van der Waals surface area contributed by atoms with Crippen LogP contribution in [0.2, 0.25) is 0 Å². The summed E-state index contributed by atoms with van der Waals surface area (Å²) < 4.78 is 0.977. The fourth-order valence-electron chi connectivity index (χ4n) is 1.76. The van der Waals surface area contributed by atoms with E-state index in [4.69, 9.17) is 5.26 Å². The van der Waals surface area contributed by atoms with Crippen LogP contribution in [0.5, 0.6) is 5.75 Å². The molecule has 0 fully saturated rings. The molecule has 0 saturated heterocycles. The number of aromatic hydroxyl groups is 1. The van der Waals surface area contributed by atoms with E-state index in [1.807, 2.05) is 6.07 Å². The summed E-state index contributed by atoms with van der Waals surface area (Å²) in [6, 6.07) is 8.79. The van der Waals surface area contributed by atoms with Crippen LogP contribution in [0.25, 0.3) is 21.5 Å². The molecule has 1 N–H and O–H groups in total. The largest absolute Gasteiger partial charge is 0.508 e. The number of rotatable bonds is 1. The normalized spacial score (nSPS) is 10.4. The molecule has 4 nitrogen and oxygen atoms in total.